The molecular formula is C14H16Cl2N2O. The Kier molecular flexibility index (Phi) is 4.38. The van der Waals surface area contributed by atoms with Crippen LogP contribution in [-0.2, 0) is 6.42 Å². The summed E-state index contributed by atoms with van der Waals surface area (Å²) in [4.78, 5) is 0. The summed E-state index contributed by atoms with van der Waals surface area (Å²) in [6.45, 7) is 4.33. The molecule has 0 bridgehead atoms. The first kappa shape index (κ1) is 14.2. The van der Waals surface area contributed by atoms with E-state index < -0.39 is 0 Å². The van der Waals surface area contributed by atoms with Gasteiger partial charge in [-0.05, 0) is 30.9 Å². The molecule has 1 aromatic heterocycles. The summed E-state index contributed by atoms with van der Waals surface area (Å²) in [6.07, 6.45) is 1.83. The number of nitrogen functional groups attached to an aromatic ring is 1. The molecule has 3 nitrogen and oxygen atoms in total. The number of rotatable bonds is 4. The Labute approximate surface area is 122 Å². The number of nitrogens with zero attached hydrogens (tertiary/aromatic N) is 1. The number of anilines is 1. The number of nitrogens with two attached hydrogens (primary N) is 1. The lowest BCUT2D eigenvalue weighted by Gasteiger charge is -2.06. The summed E-state index contributed by atoms with van der Waals surface area (Å²) >= 11 is 12.1. The largest absolute Gasteiger partial charge is 0.367 e. The van der Waals surface area contributed by atoms with E-state index in [0.29, 0.717) is 21.8 Å². The SMILES string of the molecule is CC(C)CCc1noc(N)c1-c1ccc(Cl)cc1Cl. The zero-order valence-corrected chi connectivity index (χ0v) is 12.4. The first-order chi connectivity index (χ1) is 8.99. The van der Waals surface area contributed by atoms with Gasteiger partial charge in [0.05, 0.1) is 16.3 Å². The molecule has 102 valence electrons. The summed E-state index contributed by atoms with van der Waals surface area (Å²) in [5, 5.41) is 5.18. The Morgan fingerprint density at radius 1 is 1.32 bits per heavy atom. The molecule has 5 heteroatoms. The Balaban J connectivity index is 2.40. The van der Waals surface area contributed by atoms with E-state index in [0.717, 1.165) is 29.7 Å². The van der Waals surface area contributed by atoms with Crippen molar-refractivity contribution in [1.29, 1.82) is 0 Å². The molecule has 19 heavy (non-hydrogen) atoms. The topological polar surface area (TPSA) is 52.0 Å². The van der Waals surface area contributed by atoms with Crippen molar-refractivity contribution >= 4 is 29.1 Å². The van der Waals surface area contributed by atoms with Gasteiger partial charge in [0.15, 0.2) is 0 Å². The summed E-state index contributed by atoms with van der Waals surface area (Å²) in [6, 6.07) is 5.31. The number of halogens is 2. The predicted molar refractivity (Wildman–Crippen MR) is 79.5 cm³/mol. The third-order valence-electron chi connectivity index (χ3n) is 2.95. The molecule has 0 aliphatic carbocycles. The second-order valence-corrected chi connectivity index (χ2v) is 5.77. The third-order valence-corrected chi connectivity index (χ3v) is 3.50. The second kappa shape index (κ2) is 5.85. The van der Waals surface area contributed by atoms with E-state index in [4.69, 9.17) is 33.5 Å². The van der Waals surface area contributed by atoms with Crippen LogP contribution in [0.3, 0.4) is 0 Å². The van der Waals surface area contributed by atoms with E-state index >= 15 is 0 Å². The normalized spacial score (nSPS) is 11.2. The van der Waals surface area contributed by atoms with Crippen molar-refractivity contribution in [2.75, 3.05) is 5.73 Å². The first-order valence-electron chi connectivity index (χ1n) is 6.18. The van der Waals surface area contributed by atoms with Crippen LogP contribution in [-0.4, -0.2) is 5.16 Å². The summed E-state index contributed by atoms with van der Waals surface area (Å²) < 4.78 is 5.10. The molecule has 0 saturated carbocycles. The Hall–Kier alpha value is -1.19. The molecule has 0 saturated heterocycles. The average Bonchev–Trinajstić information content (AvgIpc) is 2.68. The smallest absolute Gasteiger partial charge is 0.230 e. The fraction of sp³-hybridized carbons (Fsp3) is 0.357. The van der Waals surface area contributed by atoms with Gasteiger partial charge in [0.2, 0.25) is 5.88 Å². The van der Waals surface area contributed by atoms with Gasteiger partial charge in [0.1, 0.15) is 0 Å². The van der Waals surface area contributed by atoms with E-state index in [9.17, 15) is 0 Å². The number of benzene rings is 1. The van der Waals surface area contributed by atoms with Gasteiger partial charge in [-0.1, -0.05) is 48.3 Å². The van der Waals surface area contributed by atoms with Crippen molar-refractivity contribution < 1.29 is 4.52 Å². The fourth-order valence-corrected chi connectivity index (χ4v) is 2.42. The molecule has 2 aromatic rings. The molecule has 2 rings (SSSR count). The van der Waals surface area contributed by atoms with Crippen molar-refractivity contribution in [3.8, 4) is 11.1 Å². The van der Waals surface area contributed by atoms with Crippen molar-refractivity contribution in [3.63, 3.8) is 0 Å². The lowest BCUT2D eigenvalue weighted by molar-refractivity contribution is 0.423. The van der Waals surface area contributed by atoms with Crippen LogP contribution in [0.5, 0.6) is 0 Å². The minimum atomic E-state index is 0.294. The molecule has 0 aliphatic rings. The number of hydrogen-bond donors (Lipinski definition) is 1. The molecule has 0 fully saturated rings. The van der Waals surface area contributed by atoms with Gasteiger partial charge in [-0.3, -0.25) is 0 Å². The maximum Gasteiger partial charge on any atom is 0.230 e. The van der Waals surface area contributed by atoms with Crippen LogP contribution in [0.1, 0.15) is 26.0 Å². The second-order valence-electron chi connectivity index (χ2n) is 4.93. The highest BCUT2D eigenvalue weighted by molar-refractivity contribution is 6.36. The standard InChI is InChI=1S/C14H16Cl2N2O/c1-8(2)3-6-12-13(14(17)19-18-12)10-5-4-9(15)7-11(10)16/h4-5,7-8H,3,6,17H2,1-2H3. The predicted octanol–water partition coefficient (Wildman–Crippen LogP) is 4.82. The highest BCUT2D eigenvalue weighted by Crippen LogP contribution is 2.36. The summed E-state index contributed by atoms with van der Waals surface area (Å²) in [5.41, 5.74) is 8.30. The van der Waals surface area contributed by atoms with Crippen molar-refractivity contribution in [2.24, 2.45) is 5.92 Å². The highest BCUT2D eigenvalue weighted by atomic mass is 35.5. The summed E-state index contributed by atoms with van der Waals surface area (Å²) in [5.74, 6) is 0.884. The van der Waals surface area contributed by atoms with Crippen LogP contribution in [0, 0.1) is 5.92 Å². The molecule has 0 radical (unpaired) electrons. The van der Waals surface area contributed by atoms with Crippen LogP contribution in [0.2, 0.25) is 10.0 Å². The monoisotopic (exact) mass is 298 g/mol. The van der Waals surface area contributed by atoms with E-state index in [1.54, 1.807) is 12.1 Å². The van der Waals surface area contributed by atoms with Crippen molar-refractivity contribution in [1.82, 2.24) is 5.16 Å². The first-order valence-corrected chi connectivity index (χ1v) is 6.94. The molecule has 0 spiro atoms. The molecule has 0 amide bonds. The Morgan fingerprint density at radius 2 is 2.05 bits per heavy atom. The van der Waals surface area contributed by atoms with Crippen molar-refractivity contribution in [2.45, 2.75) is 26.7 Å². The molecule has 1 heterocycles. The third kappa shape index (κ3) is 3.23. The van der Waals surface area contributed by atoms with Gasteiger partial charge in [-0.2, -0.15) is 0 Å². The molecular weight excluding hydrogens is 283 g/mol. The van der Waals surface area contributed by atoms with Crippen LogP contribution in [0.4, 0.5) is 5.88 Å². The zero-order valence-electron chi connectivity index (χ0n) is 10.9. The molecule has 1 aromatic carbocycles. The lowest BCUT2D eigenvalue weighted by atomic mass is 10.00. The van der Waals surface area contributed by atoms with Gasteiger partial charge >= 0.3 is 0 Å². The maximum atomic E-state index is 6.22. The number of aromatic nitrogens is 1. The Morgan fingerprint density at radius 3 is 2.68 bits per heavy atom. The molecule has 0 aliphatic heterocycles. The van der Waals surface area contributed by atoms with Gasteiger partial charge in [0, 0.05) is 10.6 Å². The Bertz CT molecular complexity index is 579. The van der Waals surface area contributed by atoms with Gasteiger partial charge < -0.3 is 10.3 Å². The number of hydrogen-bond acceptors (Lipinski definition) is 3. The van der Waals surface area contributed by atoms with Crippen LogP contribution in [0.25, 0.3) is 11.1 Å². The number of aryl methyl sites for hydroxylation is 1. The minimum absolute atomic E-state index is 0.294. The van der Waals surface area contributed by atoms with Gasteiger partial charge in [-0.25, -0.2) is 0 Å². The van der Waals surface area contributed by atoms with E-state index in [1.807, 2.05) is 6.07 Å². The van der Waals surface area contributed by atoms with Crippen LogP contribution < -0.4 is 5.73 Å². The zero-order chi connectivity index (χ0) is 14.0. The molecule has 2 N–H and O–H groups in total. The fourth-order valence-electron chi connectivity index (χ4n) is 1.91. The maximum absolute atomic E-state index is 6.22. The van der Waals surface area contributed by atoms with E-state index in [2.05, 4.69) is 19.0 Å². The van der Waals surface area contributed by atoms with Gasteiger partial charge in [0.25, 0.3) is 0 Å². The van der Waals surface area contributed by atoms with Crippen LogP contribution in [0.15, 0.2) is 22.7 Å². The van der Waals surface area contributed by atoms with Crippen LogP contribution >= 0.6 is 23.2 Å². The van der Waals surface area contributed by atoms with E-state index in [1.165, 1.54) is 0 Å². The quantitative estimate of drug-likeness (QED) is 0.880. The molecule has 0 unspecified atom stereocenters. The van der Waals surface area contributed by atoms with Gasteiger partial charge in [-0.15, -0.1) is 0 Å². The summed E-state index contributed by atoms with van der Waals surface area (Å²) in [7, 11) is 0. The van der Waals surface area contributed by atoms with Crippen molar-refractivity contribution in [3.05, 3.63) is 33.9 Å². The molecule has 0 atom stereocenters. The minimum Gasteiger partial charge on any atom is -0.367 e. The lowest BCUT2D eigenvalue weighted by Crippen LogP contribution is -1.96. The van der Waals surface area contributed by atoms with E-state index in [-0.39, 0.29) is 0 Å². The average molecular weight is 299 g/mol. The highest BCUT2D eigenvalue weighted by Gasteiger charge is 2.18.